The summed E-state index contributed by atoms with van der Waals surface area (Å²) in [6.45, 7) is 6.85. The quantitative estimate of drug-likeness (QED) is 0.638. The molecule has 2 heterocycles. The van der Waals surface area contributed by atoms with Crippen molar-refractivity contribution in [2.24, 2.45) is 0 Å². The molecule has 1 N–H and O–H groups in total. The summed E-state index contributed by atoms with van der Waals surface area (Å²) in [7, 11) is 1.57. The Morgan fingerprint density at radius 3 is 2.57 bits per heavy atom. The van der Waals surface area contributed by atoms with E-state index < -0.39 is 0 Å². The lowest BCUT2D eigenvalue weighted by atomic mass is 10.1. The average Bonchev–Trinajstić information content (AvgIpc) is 2.70. The van der Waals surface area contributed by atoms with Gasteiger partial charge in [-0.25, -0.2) is 9.78 Å². The van der Waals surface area contributed by atoms with Crippen molar-refractivity contribution in [3.05, 3.63) is 44.5 Å². The van der Waals surface area contributed by atoms with Gasteiger partial charge in [0.25, 0.3) is 0 Å². The molecule has 1 aliphatic heterocycles. The maximum absolute atomic E-state index is 12.8. The van der Waals surface area contributed by atoms with Crippen LogP contribution < -0.4 is 15.0 Å². The molecule has 1 saturated heterocycles. The van der Waals surface area contributed by atoms with Crippen LogP contribution in [0.25, 0.3) is 0 Å². The Morgan fingerprint density at radius 1 is 1.21 bits per heavy atom. The van der Waals surface area contributed by atoms with E-state index in [0.29, 0.717) is 24.7 Å². The zero-order valence-electron chi connectivity index (χ0n) is 16.3. The number of nitrogens with one attached hydrogen (secondary N) is 1. The molecule has 0 bridgehead atoms. The molecule has 3 rings (SSSR count). The van der Waals surface area contributed by atoms with E-state index in [-0.39, 0.29) is 6.03 Å². The summed E-state index contributed by atoms with van der Waals surface area (Å²) in [5, 5.41) is 2.97. The molecule has 8 heteroatoms. The van der Waals surface area contributed by atoms with Gasteiger partial charge in [-0.05, 0) is 59.1 Å². The highest BCUT2D eigenvalue weighted by Gasteiger charge is 2.23. The first-order valence-corrected chi connectivity index (χ1v) is 10.8. The minimum absolute atomic E-state index is 0.126. The normalized spacial score (nSPS) is 14.2. The molecule has 0 unspecified atom stereocenters. The van der Waals surface area contributed by atoms with Crippen LogP contribution in [0.1, 0.15) is 18.2 Å². The number of carbonyl (C=O) groups excluding carboxylic acids is 1. The highest BCUT2D eigenvalue weighted by atomic mass is 79.9. The molecule has 1 fully saturated rings. The number of halogens is 2. The smallest absolute Gasteiger partial charge is 0.322 e. The molecule has 0 atom stereocenters. The Morgan fingerprint density at radius 2 is 1.93 bits per heavy atom. The number of methoxy groups -OCH3 is 1. The fourth-order valence-corrected chi connectivity index (χ4v) is 4.15. The molecule has 1 aromatic carbocycles. The standard InChI is InChI=1S/C20H24Br2N4O2/c1-4-14-11-17(19(28-3)23-13(14)2)24-20(27)26-9-7-25(8-10-26)18-12-15(21)5-6-16(18)22/h5-6,11-12H,4,7-10H2,1-3H3,(H,24,27). The van der Waals surface area contributed by atoms with Crippen molar-refractivity contribution in [2.45, 2.75) is 20.3 Å². The first kappa shape index (κ1) is 20.9. The zero-order valence-corrected chi connectivity index (χ0v) is 19.4. The monoisotopic (exact) mass is 510 g/mol. The van der Waals surface area contributed by atoms with E-state index in [4.69, 9.17) is 4.74 Å². The van der Waals surface area contributed by atoms with Crippen LogP contribution in [0.5, 0.6) is 5.88 Å². The summed E-state index contributed by atoms with van der Waals surface area (Å²) in [4.78, 5) is 21.3. The maximum atomic E-state index is 12.8. The molecule has 0 saturated carbocycles. The highest BCUT2D eigenvalue weighted by molar-refractivity contribution is 9.11. The Bertz CT molecular complexity index is 868. The van der Waals surface area contributed by atoms with Crippen LogP contribution in [0.2, 0.25) is 0 Å². The molecule has 6 nitrogen and oxygen atoms in total. The molecule has 0 spiro atoms. The second kappa shape index (κ2) is 9.13. The summed E-state index contributed by atoms with van der Waals surface area (Å²) in [6, 6.07) is 7.95. The predicted octanol–water partition coefficient (Wildman–Crippen LogP) is 4.84. The number of hydrogen-bond donors (Lipinski definition) is 1. The number of hydrogen-bond acceptors (Lipinski definition) is 4. The second-order valence-corrected chi connectivity index (χ2v) is 8.41. The van der Waals surface area contributed by atoms with Crippen LogP contribution in [0.4, 0.5) is 16.2 Å². The number of benzene rings is 1. The number of ether oxygens (including phenoxy) is 1. The lowest BCUT2D eigenvalue weighted by Gasteiger charge is -2.36. The van der Waals surface area contributed by atoms with Crippen molar-refractivity contribution in [3.63, 3.8) is 0 Å². The molecule has 0 radical (unpaired) electrons. The van der Waals surface area contributed by atoms with Crippen molar-refractivity contribution in [1.29, 1.82) is 0 Å². The summed E-state index contributed by atoms with van der Waals surface area (Å²) in [5.74, 6) is 0.444. The number of anilines is 2. The summed E-state index contributed by atoms with van der Waals surface area (Å²) < 4.78 is 7.44. The first-order chi connectivity index (χ1) is 13.4. The summed E-state index contributed by atoms with van der Waals surface area (Å²) in [6.07, 6.45) is 0.853. The number of rotatable bonds is 4. The first-order valence-electron chi connectivity index (χ1n) is 9.23. The molecular weight excluding hydrogens is 488 g/mol. The highest BCUT2D eigenvalue weighted by Crippen LogP contribution is 2.30. The molecule has 150 valence electrons. The third kappa shape index (κ3) is 4.60. The number of piperazine rings is 1. The molecular formula is C20H24Br2N4O2. The average molecular weight is 512 g/mol. The Labute approximate surface area is 182 Å². The number of aryl methyl sites for hydroxylation is 2. The van der Waals surface area contributed by atoms with E-state index >= 15 is 0 Å². The number of pyridine rings is 1. The number of nitrogens with zero attached hydrogens (tertiary/aromatic N) is 3. The van der Waals surface area contributed by atoms with Gasteiger partial charge in [0.2, 0.25) is 5.88 Å². The lowest BCUT2D eigenvalue weighted by molar-refractivity contribution is 0.208. The van der Waals surface area contributed by atoms with E-state index in [1.165, 1.54) is 0 Å². The topological polar surface area (TPSA) is 57.7 Å². The zero-order chi connectivity index (χ0) is 20.3. The minimum Gasteiger partial charge on any atom is -0.480 e. The third-order valence-corrected chi connectivity index (χ3v) is 6.08. The van der Waals surface area contributed by atoms with Gasteiger partial charge in [-0.2, -0.15) is 0 Å². The number of aromatic nitrogens is 1. The van der Waals surface area contributed by atoms with Gasteiger partial charge in [-0.3, -0.25) is 0 Å². The van der Waals surface area contributed by atoms with E-state index in [2.05, 4.69) is 60.1 Å². The molecule has 0 aliphatic carbocycles. The molecule has 1 aromatic heterocycles. The van der Waals surface area contributed by atoms with Gasteiger partial charge in [-0.15, -0.1) is 0 Å². The van der Waals surface area contributed by atoms with Gasteiger partial charge in [0, 0.05) is 40.8 Å². The van der Waals surface area contributed by atoms with Crippen LogP contribution >= 0.6 is 31.9 Å². The van der Waals surface area contributed by atoms with Gasteiger partial charge in [0.15, 0.2) is 0 Å². The van der Waals surface area contributed by atoms with Crippen molar-refractivity contribution in [2.75, 3.05) is 43.5 Å². The van der Waals surface area contributed by atoms with Gasteiger partial charge in [0.05, 0.1) is 12.8 Å². The van der Waals surface area contributed by atoms with E-state index in [9.17, 15) is 4.79 Å². The van der Waals surface area contributed by atoms with Crippen LogP contribution in [-0.4, -0.2) is 49.2 Å². The van der Waals surface area contributed by atoms with Gasteiger partial charge < -0.3 is 19.9 Å². The minimum atomic E-state index is -0.126. The van der Waals surface area contributed by atoms with Crippen LogP contribution in [-0.2, 0) is 6.42 Å². The van der Waals surface area contributed by atoms with E-state index in [1.807, 2.05) is 30.0 Å². The molecule has 1 aliphatic rings. The van der Waals surface area contributed by atoms with Crippen molar-refractivity contribution < 1.29 is 9.53 Å². The van der Waals surface area contributed by atoms with Crippen LogP contribution in [0.3, 0.4) is 0 Å². The van der Waals surface area contributed by atoms with Gasteiger partial charge in [0.1, 0.15) is 5.69 Å². The number of amides is 2. The fraction of sp³-hybridized carbons (Fsp3) is 0.400. The summed E-state index contributed by atoms with van der Waals surface area (Å²) >= 11 is 7.14. The number of carbonyl (C=O) groups is 1. The molecule has 2 aromatic rings. The van der Waals surface area contributed by atoms with E-state index in [1.54, 1.807) is 7.11 Å². The van der Waals surface area contributed by atoms with E-state index in [0.717, 1.165) is 45.4 Å². The third-order valence-electron chi connectivity index (χ3n) is 4.91. The SMILES string of the molecule is CCc1cc(NC(=O)N2CCN(c3cc(Br)ccc3Br)CC2)c(OC)nc1C. The van der Waals surface area contributed by atoms with Crippen molar-refractivity contribution >= 4 is 49.3 Å². The molecule has 28 heavy (non-hydrogen) atoms. The Balaban J connectivity index is 1.67. The fourth-order valence-electron chi connectivity index (χ4n) is 3.30. The Hall–Kier alpha value is -1.80. The van der Waals surface area contributed by atoms with Gasteiger partial charge >= 0.3 is 6.03 Å². The predicted molar refractivity (Wildman–Crippen MR) is 120 cm³/mol. The lowest BCUT2D eigenvalue weighted by Crippen LogP contribution is -2.50. The maximum Gasteiger partial charge on any atom is 0.322 e. The second-order valence-electron chi connectivity index (χ2n) is 6.64. The summed E-state index contributed by atoms with van der Waals surface area (Å²) in [5.41, 5.74) is 3.77. The largest absolute Gasteiger partial charge is 0.480 e. The molecule has 2 amide bonds. The van der Waals surface area contributed by atoms with Crippen LogP contribution in [0.15, 0.2) is 33.2 Å². The number of urea groups is 1. The van der Waals surface area contributed by atoms with Crippen LogP contribution in [0, 0.1) is 6.92 Å². The van der Waals surface area contributed by atoms with Crippen molar-refractivity contribution in [1.82, 2.24) is 9.88 Å². The Kier molecular flexibility index (Phi) is 6.82. The van der Waals surface area contributed by atoms with Gasteiger partial charge in [-0.1, -0.05) is 22.9 Å². The van der Waals surface area contributed by atoms with Crippen molar-refractivity contribution in [3.8, 4) is 5.88 Å².